The topological polar surface area (TPSA) is 42.0 Å². The lowest BCUT2D eigenvalue weighted by molar-refractivity contribution is -0.146. The van der Waals surface area contributed by atoms with Gasteiger partial charge in [-0.25, -0.2) is 0 Å². The molecule has 0 aliphatic carbocycles. The molecule has 0 unspecified atom stereocenters. The van der Waals surface area contributed by atoms with E-state index in [1.165, 1.54) is 0 Å². The first-order chi connectivity index (χ1) is 11.2. The Balaban J connectivity index is 1.43. The summed E-state index contributed by atoms with van der Waals surface area (Å²) in [7, 11) is 1.79. The Morgan fingerprint density at radius 1 is 1.17 bits per heavy atom. The van der Waals surface area contributed by atoms with Crippen molar-refractivity contribution in [3.8, 4) is 5.75 Å². The van der Waals surface area contributed by atoms with Crippen LogP contribution in [0, 0.1) is 0 Å². The number of amides is 1. The van der Waals surface area contributed by atoms with Gasteiger partial charge in [0.2, 0.25) is 0 Å². The van der Waals surface area contributed by atoms with Crippen molar-refractivity contribution < 1.29 is 14.3 Å². The molecule has 5 nitrogen and oxygen atoms in total. The highest BCUT2D eigenvalue weighted by Crippen LogP contribution is 2.22. The molecule has 2 fully saturated rings. The Morgan fingerprint density at radius 2 is 1.83 bits per heavy atom. The molecule has 0 saturated carbocycles. The minimum absolute atomic E-state index is 0.0804. The number of hydrogen-bond acceptors (Lipinski definition) is 4. The number of piperidine rings is 1. The smallest absolute Gasteiger partial charge is 0.263 e. The van der Waals surface area contributed by atoms with Crippen LogP contribution in [0.5, 0.6) is 5.75 Å². The van der Waals surface area contributed by atoms with Crippen LogP contribution in [0.2, 0.25) is 0 Å². The fourth-order valence-electron chi connectivity index (χ4n) is 3.35. The van der Waals surface area contributed by atoms with E-state index in [9.17, 15) is 4.79 Å². The molecule has 0 spiro atoms. The van der Waals surface area contributed by atoms with Crippen LogP contribution in [0.15, 0.2) is 30.3 Å². The molecule has 0 aromatic heterocycles. The summed E-state index contributed by atoms with van der Waals surface area (Å²) < 4.78 is 11.1. The Kier molecular flexibility index (Phi) is 5.18. The van der Waals surface area contributed by atoms with Gasteiger partial charge in [-0.3, -0.25) is 9.69 Å². The standard InChI is InChI=1S/C18H26N2O3/c1-14(23-17-6-4-3-5-7-17)18(21)20-12-15(13-20)19-10-8-16(22-2)9-11-19/h3-7,14-16H,8-13H2,1-2H3/t14-/m0/s1. The predicted molar refractivity (Wildman–Crippen MR) is 88.5 cm³/mol. The lowest BCUT2D eigenvalue weighted by atomic mass is 10.0. The van der Waals surface area contributed by atoms with E-state index in [4.69, 9.17) is 9.47 Å². The molecule has 1 amide bonds. The number of rotatable bonds is 5. The lowest BCUT2D eigenvalue weighted by Gasteiger charge is -2.47. The monoisotopic (exact) mass is 318 g/mol. The lowest BCUT2D eigenvalue weighted by Crippen LogP contribution is -2.64. The van der Waals surface area contributed by atoms with Crippen LogP contribution in [0.3, 0.4) is 0 Å². The van der Waals surface area contributed by atoms with Crippen molar-refractivity contribution in [2.45, 2.75) is 38.0 Å². The average Bonchev–Trinajstić information content (AvgIpc) is 2.55. The first-order valence-corrected chi connectivity index (χ1v) is 8.44. The van der Waals surface area contributed by atoms with Gasteiger partial charge in [0.15, 0.2) is 6.10 Å². The summed E-state index contributed by atoms with van der Waals surface area (Å²) >= 11 is 0. The third-order valence-corrected chi connectivity index (χ3v) is 4.90. The van der Waals surface area contributed by atoms with Gasteiger partial charge in [-0.05, 0) is 31.9 Å². The molecule has 23 heavy (non-hydrogen) atoms. The Bertz CT molecular complexity index is 508. The molecule has 2 saturated heterocycles. The van der Waals surface area contributed by atoms with Crippen molar-refractivity contribution in [3.05, 3.63) is 30.3 Å². The van der Waals surface area contributed by atoms with Gasteiger partial charge in [0, 0.05) is 39.3 Å². The van der Waals surface area contributed by atoms with Crippen molar-refractivity contribution in [2.75, 3.05) is 33.3 Å². The van der Waals surface area contributed by atoms with Crippen LogP contribution in [0.4, 0.5) is 0 Å². The highest BCUT2D eigenvalue weighted by molar-refractivity contribution is 5.81. The molecule has 0 bridgehead atoms. The third kappa shape index (κ3) is 3.85. The maximum absolute atomic E-state index is 12.4. The molecule has 0 N–H and O–H groups in total. The van der Waals surface area contributed by atoms with Gasteiger partial charge in [0.1, 0.15) is 5.75 Å². The van der Waals surface area contributed by atoms with Gasteiger partial charge >= 0.3 is 0 Å². The summed E-state index contributed by atoms with van der Waals surface area (Å²) in [6, 6.07) is 10.0. The van der Waals surface area contributed by atoms with Gasteiger partial charge in [0.05, 0.1) is 6.10 Å². The number of carbonyl (C=O) groups is 1. The zero-order valence-electron chi connectivity index (χ0n) is 14.0. The molecule has 2 aliphatic heterocycles. The summed E-state index contributed by atoms with van der Waals surface area (Å²) in [5, 5.41) is 0. The van der Waals surface area contributed by atoms with E-state index in [1.54, 1.807) is 7.11 Å². The normalized spacial score (nSPS) is 21.7. The highest BCUT2D eigenvalue weighted by Gasteiger charge is 2.38. The van der Waals surface area contributed by atoms with Gasteiger partial charge in [-0.15, -0.1) is 0 Å². The van der Waals surface area contributed by atoms with Crippen LogP contribution < -0.4 is 4.74 Å². The summed E-state index contributed by atoms with van der Waals surface area (Å²) in [4.78, 5) is 16.8. The second-order valence-electron chi connectivity index (χ2n) is 6.44. The second kappa shape index (κ2) is 7.32. The molecule has 0 radical (unpaired) electrons. The van der Waals surface area contributed by atoms with Crippen molar-refractivity contribution in [3.63, 3.8) is 0 Å². The molecular formula is C18H26N2O3. The van der Waals surface area contributed by atoms with Gasteiger partial charge < -0.3 is 14.4 Å². The molecule has 126 valence electrons. The van der Waals surface area contributed by atoms with Crippen LogP contribution in [0.1, 0.15) is 19.8 Å². The van der Waals surface area contributed by atoms with Crippen molar-refractivity contribution in [1.82, 2.24) is 9.80 Å². The minimum Gasteiger partial charge on any atom is -0.481 e. The molecule has 1 aromatic rings. The van der Waals surface area contributed by atoms with Crippen LogP contribution in [-0.4, -0.2) is 67.2 Å². The molecule has 1 atom stereocenters. The molecule has 2 heterocycles. The summed E-state index contributed by atoms with van der Waals surface area (Å²) in [6.45, 7) is 5.60. The van der Waals surface area contributed by atoms with E-state index in [2.05, 4.69) is 4.90 Å². The van der Waals surface area contributed by atoms with Crippen LogP contribution >= 0.6 is 0 Å². The van der Waals surface area contributed by atoms with Crippen LogP contribution in [-0.2, 0) is 9.53 Å². The van der Waals surface area contributed by atoms with Gasteiger partial charge in [0.25, 0.3) is 5.91 Å². The predicted octanol–water partition coefficient (Wildman–Crippen LogP) is 1.78. The fraction of sp³-hybridized carbons (Fsp3) is 0.611. The maximum atomic E-state index is 12.4. The quantitative estimate of drug-likeness (QED) is 0.830. The van der Waals surface area contributed by atoms with E-state index < -0.39 is 6.10 Å². The Hall–Kier alpha value is -1.59. The van der Waals surface area contributed by atoms with E-state index in [1.807, 2.05) is 42.2 Å². The highest BCUT2D eigenvalue weighted by atomic mass is 16.5. The number of nitrogens with zero attached hydrogens (tertiary/aromatic N) is 2. The van der Waals surface area contributed by atoms with E-state index >= 15 is 0 Å². The number of hydrogen-bond donors (Lipinski definition) is 0. The van der Waals surface area contributed by atoms with Crippen molar-refractivity contribution in [2.24, 2.45) is 0 Å². The zero-order valence-corrected chi connectivity index (χ0v) is 14.0. The van der Waals surface area contributed by atoms with E-state index in [0.717, 1.165) is 44.8 Å². The minimum atomic E-state index is -0.433. The first-order valence-electron chi connectivity index (χ1n) is 8.44. The SMILES string of the molecule is COC1CCN(C2CN(C(=O)[C@H](C)Oc3ccccc3)C2)CC1. The summed E-state index contributed by atoms with van der Waals surface area (Å²) in [5.41, 5.74) is 0. The number of carbonyl (C=O) groups excluding carboxylic acids is 1. The third-order valence-electron chi connectivity index (χ3n) is 4.90. The molecule has 3 rings (SSSR count). The molecule has 5 heteroatoms. The molecular weight excluding hydrogens is 292 g/mol. The first kappa shape index (κ1) is 16.3. The maximum Gasteiger partial charge on any atom is 0.263 e. The van der Waals surface area contributed by atoms with Crippen LogP contribution in [0.25, 0.3) is 0 Å². The largest absolute Gasteiger partial charge is 0.481 e. The fourth-order valence-corrected chi connectivity index (χ4v) is 3.35. The number of likely N-dealkylation sites (tertiary alicyclic amines) is 2. The Morgan fingerprint density at radius 3 is 2.43 bits per heavy atom. The summed E-state index contributed by atoms with van der Waals surface area (Å²) in [5.74, 6) is 0.823. The number of para-hydroxylation sites is 1. The van der Waals surface area contributed by atoms with Crippen molar-refractivity contribution >= 4 is 5.91 Å². The average molecular weight is 318 g/mol. The second-order valence-corrected chi connectivity index (χ2v) is 6.44. The number of methoxy groups -OCH3 is 1. The zero-order chi connectivity index (χ0) is 16.2. The Labute approximate surface area is 138 Å². The van der Waals surface area contributed by atoms with Gasteiger partial charge in [-0.2, -0.15) is 0 Å². The number of benzene rings is 1. The summed E-state index contributed by atoms with van der Waals surface area (Å²) in [6.07, 6.45) is 2.16. The van der Waals surface area contributed by atoms with Gasteiger partial charge in [-0.1, -0.05) is 18.2 Å². The number of ether oxygens (including phenoxy) is 2. The molecule has 1 aromatic carbocycles. The molecule has 2 aliphatic rings. The van der Waals surface area contributed by atoms with Crippen molar-refractivity contribution in [1.29, 1.82) is 0 Å². The van der Waals surface area contributed by atoms with E-state index in [-0.39, 0.29) is 5.91 Å². The van der Waals surface area contributed by atoms with E-state index in [0.29, 0.717) is 12.1 Å².